The van der Waals surface area contributed by atoms with Crippen molar-refractivity contribution < 1.29 is 9.90 Å². The zero-order valence-electron chi connectivity index (χ0n) is 17.2. The molecule has 0 bridgehead atoms. The minimum Gasteiger partial charge on any atom is -0.493 e. The standard InChI is InChI=1S/C22H27N5O2/c1-4-25-8-10-26(11-9-25)21(28)19-14-23-27-20(19)24-16(3)18(22(27)29)13-17-7-5-6-15(2)12-17/h5-7,12,14,29H,4,8-11,13H2,1-3H3. The number of carbonyl (C=O) groups excluding carboxylic acids is 1. The Labute approximate surface area is 170 Å². The zero-order valence-corrected chi connectivity index (χ0v) is 17.2. The number of aryl methyl sites for hydroxylation is 2. The van der Waals surface area contributed by atoms with Crippen molar-refractivity contribution >= 4 is 11.6 Å². The van der Waals surface area contributed by atoms with Crippen LogP contribution >= 0.6 is 0 Å². The van der Waals surface area contributed by atoms with Crippen LogP contribution in [-0.2, 0) is 6.42 Å². The summed E-state index contributed by atoms with van der Waals surface area (Å²) >= 11 is 0. The molecule has 0 radical (unpaired) electrons. The van der Waals surface area contributed by atoms with Gasteiger partial charge in [0.25, 0.3) is 5.91 Å². The van der Waals surface area contributed by atoms with Crippen LogP contribution in [0.3, 0.4) is 0 Å². The fraction of sp³-hybridized carbons (Fsp3) is 0.409. The maximum absolute atomic E-state index is 13.0. The first-order chi connectivity index (χ1) is 14.0. The minimum atomic E-state index is -0.0755. The molecule has 0 aliphatic carbocycles. The zero-order chi connectivity index (χ0) is 20.5. The molecule has 29 heavy (non-hydrogen) atoms. The van der Waals surface area contributed by atoms with Crippen molar-refractivity contribution in [2.45, 2.75) is 27.2 Å². The molecule has 1 amide bonds. The van der Waals surface area contributed by atoms with Crippen molar-refractivity contribution in [3.05, 3.63) is 58.4 Å². The Hall–Kier alpha value is -2.93. The molecular weight excluding hydrogens is 366 g/mol. The SMILES string of the molecule is CCN1CCN(C(=O)c2cnn3c(O)c(Cc4cccc(C)c4)c(C)nc23)CC1. The molecule has 3 aromatic rings. The maximum Gasteiger partial charge on any atom is 0.259 e. The molecule has 0 spiro atoms. The average Bonchev–Trinajstić information content (AvgIpc) is 3.14. The van der Waals surface area contributed by atoms with E-state index in [0.717, 1.165) is 30.8 Å². The van der Waals surface area contributed by atoms with Crippen molar-refractivity contribution in [2.24, 2.45) is 0 Å². The summed E-state index contributed by atoms with van der Waals surface area (Å²) in [4.78, 5) is 21.9. The Balaban J connectivity index is 1.64. The average molecular weight is 393 g/mol. The summed E-state index contributed by atoms with van der Waals surface area (Å²) in [6.07, 6.45) is 2.08. The molecule has 0 atom stereocenters. The van der Waals surface area contributed by atoms with E-state index >= 15 is 0 Å². The van der Waals surface area contributed by atoms with E-state index in [1.807, 2.05) is 36.9 Å². The fourth-order valence-electron chi connectivity index (χ4n) is 3.94. The predicted molar refractivity (Wildman–Crippen MR) is 111 cm³/mol. The summed E-state index contributed by atoms with van der Waals surface area (Å²) in [6, 6.07) is 8.18. The Morgan fingerprint density at radius 2 is 1.93 bits per heavy atom. The van der Waals surface area contributed by atoms with Gasteiger partial charge in [0.05, 0.1) is 6.20 Å². The number of carbonyl (C=O) groups is 1. The van der Waals surface area contributed by atoms with Crippen molar-refractivity contribution in [1.82, 2.24) is 24.4 Å². The van der Waals surface area contributed by atoms with Gasteiger partial charge >= 0.3 is 0 Å². The summed E-state index contributed by atoms with van der Waals surface area (Å²) in [5, 5.41) is 15.1. The van der Waals surface area contributed by atoms with Crippen LogP contribution < -0.4 is 0 Å². The van der Waals surface area contributed by atoms with E-state index in [1.165, 1.54) is 16.3 Å². The van der Waals surface area contributed by atoms with Crippen molar-refractivity contribution in [1.29, 1.82) is 0 Å². The van der Waals surface area contributed by atoms with Crippen molar-refractivity contribution in [2.75, 3.05) is 32.7 Å². The summed E-state index contributed by atoms with van der Waals surface area (Å²) in [5.74, 6) is -0.0302. The topological polar surface area (TPSA) is 74.0 Å². The lowest BCUT2D eigenvalue weighted by atomic mass is 10.0. The van der Waals surface area contributed by atoms with E-state index in [2.05, 4.69) is 28.0 Å². The van der Waals surface area contributed by atoms with Crippen LogP contribution in [0, 0.1) is 13.8 Å². The van der Waals surface area contributed by atoms with Gasteiger partial charge in [-0.3, -0.25) is 4.79 Å². The third-order valence-corrected chi connectivity index (χ3v) is 5.73. The first-order valence-corrected chi connectivity index (χ1v) is 10.1. The van der Waals surface area contributed by atoms with E-state index in [4.69, 9.17) is 0 Å². The van der Waals surface area contributed by atoms with Crippen molar-refractivity contribution in [3.63, 3.8) is 0 Å². The van der Waals surface area contributed by atoms with Gasteiger partial charge in [-0.05, 0) is 26.0 Å². The highest BCUT2D eigenvalue weighted by Gasteiger charge is 2.26. The molecule has 7 heteroatoms. The number of aromatic nitrogens is 3. The van der Waals surface area contributed by atoms with Crippen molar-refractivity contribution in [3.8, 4) is 5.88 Å². The Morgan fingerprint density at radius 1 is 1.17 bits per heavy atom. The van der Waals surface area contributed by atoms with Gasteiger partial charge in [-0.1, -0.05) is 36.8 Å². The van der Waals surface area contributed by atoms with Gasteiger partial charge in [-0.2, -0.15) is 9.61 Å². The number of hydrogen-bond acceptors (Lipinski definition) is 5. The number of aromatic hydroxyl groups is 1. The molecule has 0 unspecified atom stereocenters. The molecule has 2 aromatic heterocycles. The van der Waals surface area contributed by atoms with E-state index in [-0.39, 0.29) is 11.8 Å². The Bertz CT molecular complexity index is 1050. The highest BCUT2D eigenvalue weighted by molar-refractivity contribution is 5.99. The highest BCUT2D eigenvalue weighted by Crippen LogP contribution is 2.26. The van der Waals surface area contributed by atoms with Crippen LogP contribution in [0.1, 0.15) is 39.7 Å². The summed E-state index contributed by atoms with van der Waals surface area (Å²) in [6.45, 7) is 10.2. The molecule has 3 heterocycles. The fourth-order valence-corrected chi connectivity index (χ4v) is 3.94. The first-order valence-electron chi connectivity index (χ1n) is 10.1. The molecule has 1 saturated heterocycles. The molecular formula is C22H27N5O2. The number of benzene rings is 1. The van der Waals surface area contributed by atoms with Gasteiger partial charge in [0.2, 0.25) is 5.88 Å². The number of nitrogens with zero attached hydrogens (tertiary/aromatic N) is 5. The number of hydrogen-bond donors (Lipinski definition) is 1. The highest BCUT2D eigenvalue weighted by atomic mass is 16.3. The molecule has 152 valence electrons. The Morgan fingerprint density at radius 3 is 2.62 bits per heavy atom. The smallest absolute Gasteiger partial charge is 0.259 e. The quantitative estimate of drug-likeness (QED) is 0.737. The number of amides is 1. The molecule has 0 saturated carbocycles. The lowest BCUT2D eigenvalue weighted by molar-refractivity contribution is 0.0645. The van der Waals surface area contributed by atoms with Gasteiger partial charge in [-0.15, -0.1) is 0 Å². The van der Waals surface area contributed by atoms with Crippen LogP contribution in [0.25, 0.3) is 5.65 Å². The lowest BCUT2D eigenvalue weighted by Crippen LogP contribution is -2.48. The number of fused-ring (bicyclic) bond motifs is 1. The van der Waals surface area contributed by atoms with Gasteiger partial charge in [-0.25, -0.2) is 4.98 Å². The van der Waals surface area contributed by atoms with Gasteiger partial charge in [0, 0.05) is 43.9 Å². The summed E-state index contributed by atoms with van der Waals surface area (Å²) in [5.41, 5.74) is 4.56. The Kier molecular flexibility index (Phi) is 5.24. The minimum absolute atomic E-state index is 0.0452. The van der Waals surface area contributed by atoms with Crippen LogP contribution in [-0.4, -0.2) is 68.1 Å². The van der Waals surface area contributed by atoms with Crippen LogP contribution in [0.2, 0.25) is 0 Å². The van der Waals surface area contributed by atoms with E-state index in [9.17, 15) is 9.90 Å². The van der Waals surface area contributed by atoms with Crippen LogP contribution in [0.5, 0.6) is 5.88 Å². The van der Waals surface area contributed by atoms with E-state index in [1.54, 1.807) is 0 Å². The van der Waals surface area contributed by atoms with E-state index < -0.39 is 0 Å². The second-order valence-electron chi connectivity index (χ2n) is 7.69. The lowest BCUT2D eigenvalue weighted by Gasteiger charge is -2.33. The number of likely N-dealkylation sites (N-methyl/N-ethyl adjacent to an activating group) is 1. The predicted octanol–water partition coefficient (Wildman–Crippen LogP) is 2.42. The molecule has 1 aliphatic rings. The third kappa shape index (κ3) is 3.70. The first kappa shape index (κ1) is 19.4. The van der Waals surface area contributed by atoms with Crippen LogP contribution in [0.4, 0.5) is 0 Å². The summed E-state index contributed by atoms with van der Waals surface area (Å²) < 4.78 is 1.38. The molecule has 1 aliphatic heterocycles. The summed E-state index contributed by atoms with van der Waals surface area (Å²) in [7, 11) is 0. The monoisotopic (exact) mass is 393 g/mol. The largest absolute Gasteiger partial charge is 0.493 e. The molecule has 1 N–H and O–H groups in total. The molecule has 1 fully saturated rings. The van der Waals surface area contributed by atoms with Gasteiger partial charge in [0.15, 0.2) is 5.65 Å². The normalized spacial score (nSPS) is 15.2. The van der Waals surface area contributed by atoms with Crippen LogP contribution in [0.15, 0.2) is 30.5 Å². The van der Waals surface area contributed by atoms with Gasteiger partial charge < -0.3 is 14.9 Å². The van der Waals surface area contributed by atoms with Gasteiger partial charge in [0.1, 0.15) is 5.56 Å². The number of piperazine rings is 1. The molecule has 1 aromatic carbocycles. The molecule has 4 rings (SSSR count). The van der Waals surface area contributed by atoms with E-state index in [0.29, 0.717) is 36.4 Å². The number of rotatable bonds is 4. The second kappa shape index (κ2) is 7.83. The maximum atomic E-state index is 13.0. The third-order valence-electron chi connectivity index (χ3n) is 5.73. The molecule has 7 nitrogen and oxygen atoms in total. The second-order valence-corrected chi connectivity index (χ2v) is 7.69.